The second-order valence-electron chi connectivity index (χ2n) is 6.92. The van der Waals surface area contributed by atoms with Gasteiger partial charge in [0.2, 0.25) is 5.13 Å². The number of hydrogen-bond donors (Lipinski definition) is 1. The maximum Gasteiger partial charge on any atom is 0.267 e. The molecule has 1 aliphatic rings. The molecule has 1 aromatic heterocycles. The lowest BCUT2D eigenvalue weighted by Gasteiger charge is -2.20. The molecule has 2 aromatic carbocycles. The van der Waals surface area contributed by atoms with Crippen LogP contribution in [0.2, 0.25) is 0 Å². The molecular weight excluding hydrogens is 370 g/mol. The van der Waals surface area contributed by atoms with Gasteiger partial charge in [0.15, 0.2) is 6.10 Å². The molecule has 0 fully saturated rings. The van der Waals surface area contributed by atoms with Gasteiger partial charge in [0.1, 0.15) is 10.8 Å². The number of aryl methyl sites for hydroxylation is 2. The summed E-state index contributed by atoms with van der Waals surface area (Å²) in [6, 6.07) is 16.0. The third kappa shape index (κ3) is 4.22. The monoisotopic (exact) mass is 393 g/mol. The minimum Gasteiger partial charge on any atom is -0.481 e. The van der Waals surface area contributed by atoms with Crippen molar-refractivity contribution in [3.63, 3.8) is 0 Å². The largest absolute Gasteiger partial charge is 0.481 e. The topological polar surface area (TPSA) is 64.1 Å². The van der Waals surface area contributed by atoms with Crippen molar-refractivity contribution in [3.05, 3.63) is 59.7 Å². The van der Waals surface area contributed by atoms with Gasteiger partial charge in [-0.15, -0.1) is 10.2 Å². The first-order valence-corrected chi connectivity index (χ1v) is 10.5. The number of hydrogen-bond acceptors (Lipinski definition) is 5. The highest BCUT2D eigenvalue weighted by Crippen LogP contribution is 2.28. The van der Waals surface area contributed by atoms with E-state index in [4.69, 9.17) is 4.74 Å². The van der Waals surface area contributed by atoms with E-state index in [2.05, 4.69) is 27.6 Å². The van der Waals surface area contributed by atoms with Crippen LogP contribution >= 0.6 is 11.3 Å². The van der Waals surface area contributed by atoms with Gasteiger partial charge in [-0.25, -0.2) is 0 Å². The third-order valence-corrected chi connectivity index (χ3v) is 5.83. The highest BCUT2D eigenvalue weighted by Gasteiger charge is 2.21. The number of nitrogens with zero attached hydrogens (tertiary/aromatic N) is 2. The molecule has 1 unspecified atom stereocenters. The molecule has 144 valence electrons. The van der Waals surface area contributed by atoms with Crippen LogP contribution in [0.25, 0.3) is 10.6 Å². The van der Waals surface area contributed by atoms with Crippen LogP contribution in [0.1, 0.15) is 37.3 Å². The molecule has 1 aliphatic carbocycles. The Kier molecular flexibility index (Phi) is 5.67. The van der Waals surface area contributed by atoms with Gasteiger partial charge in [-0.2, -0.15) is 0 Å². The summed E-state index contributed by atoms with van der Waals surface area (Å²) < 4.78 is 6.00. The lowest BCUT2D eigenvalue weighted by atomic mass is 9.92. The van der Waals surface area contributed by atoms with E-state index in [-0.39, 0.29) is 5.91 Å². The molecule has 0 saturated carbocycles. The van der Waals surface area contributed by atoms with Crippen LogP contribution in [0.3, 0.4) is 0 Å². The van der Waals surface area contributed by atoms with Crippen LogP contribution in [0.4, 0.5) is 5.13 Å². The second kappa shape index (κ2) is 8.52. The molecule has 6 heteroatoms. The maximum absolute atomic E-state index is 12.7. The summed E-state index contributed by atoms with van der Waals surface area (Å²) in [6.07, 6.45) is 4.70. The van der Waals surface area contributed by atoms with E-state index in [1.165, 1.54) is 35.3 Å². The number of carbonyl (C=O) groups is 1. The van der Waals surface area contributed by atoms with E-state index in [0.29, 0.717) is 11.6 Å². The second-order valence-corrected chi connectivity index (χ2v) is 7.90. The minimum absolute atomic E-state index is 0.198. The number of anilines is 1. The molecule has 1 amide bonds. The van der Waals surface area contributed by atoms with Crippen molar-refractivity contribution < 1.29 is 9.53 Å². The molecule has 0 spiro atoms. The lowest BCUT2D eigenvalue weighted by Crippen LogP contribution is -2.32. The average molecular weight is 394 g/mol. The van der Waals surface area contributed by atoms with Crippen molar-refractivity contribution >= 4 is 22.4 Å². The van der Waals surface area contributed by atoms with Crippen molar-refractivity contribution in [2.45, 2.75) is 45.1 Å². The highest BCUT2D eigenvalue weighted by molar-refractivity contribution is 7.18. The first kappa shape index (κ1) is 18.6. The van der Waals surface area contributed by atoms with Gasteiger partial charge >= 0.3 is 0 Å². The quantitative estimate of drug-likeness (QED) is 0.648. The number of nitrogens with one attached hydrogen (secondary N) is 1. The van der Waals surface area contributed by atoms with Crippen LogP contribution in [-0.4, -0.2) is 22.2 Å². The molecule has 4 rings (SSSR count). The summed E-state index contributed by atoms with van der Waals surface area (Å²) in [7, 11) is 0. The van der Waals surface area contributed by atoms with Crippen molar-refractivity contribution in [3.8, 4) is 16.3 Å². The number of fused-ring (bicyclic) bond motifs is 1. The fourth-order valence-electron chi connectivity index (χ4n) is 3.43. The predicted octanol–water partition coefficient (Wildman–Crippen LogP) is 4.88. The zero-order valence-electron chi connectivity index (χ0n) is 15.9. The van der Waals surface area contributed by atoms with Gasteiger partial charge in [-0.05, 0) is 55.4 Å². The molecule has 0 bridgehead atoms. The molecule has 1 atom stereocenters. The Morgan fingerprint density at radius 2 is 1.89 bits per heavy atom. The third-order valence-electron chi connectivity index (χ3n) is 4.94. The van der Waals surface area contributed by atoms with E-state index >= 15 is 0 Å². The number of aromatic nitrogens is 2. The standard InChI is InChI=1S/C22H23N3O2S/c1-2-19(27-18-13-12-15-8-6-7-11-17(15)14-18)20(26)23-22-25-24-21(28-22)16-9-4-3-5-10-16/h3-5,9-10,12-14,19H,2,6-8,11H2,1H3,(H,23,25,26). The van der Waals surface area contributed by atoms with Crippen molar-refractivity contribution in [1.82, 2.24) is 10.2 Å². The molecule has 5 nitrogen and oxygen atoms in total. The van der Waals surface area contributed by atoms with Crippen molar-refractivity contribution in [2.75, 3.05) is 5.32 Å². The van der Waals surface area contributed by atoms with Gasteiger partial charge in [0.05, 0.1) is 0 Å². The normalized spacial score (nSPS) is 14.2. The van der Waals surface area contributed by atoms with Gasteiger partial charge in [-0.3, -0.25) is 10.1 Å². The highest BCUT2D eigenvalue weighted by atomic mass is 32.1. The summed E-state index contributed by atoms with van der Waals surface area (Å²) in [4.78, 5) is 12.7. The molecule has 3 aromatic rings. The van der Waals surface area contributed by atoms with Gasteiger partial charge in [-0.1, -0.05) is 54.7 Å². The zero-order valence-corrected chi connectivity index (χ0v) is 16.7. The van der Waals surface area contributed by atoms with Gasteiger partial charge in [0, 0.05) is 5.56 Å². The Morgan fingerprint density at radius 1 is 1.11 bits per heavy atom. The van der Waals surface area contributed by atoms with Crippen molar-refractivity contribution in [2.24, 2.45) is 0 Å². The van der Waals surface area contributed by atoms with E-state index in [1.54, 1.807) is 0 Å². The smallest absolute Gasteiger partial charge is 0.267 e. The summed E-state index contributed by atoms with van der Waals surface area (Å²) in [5, 5.41) is 12.4. The number of benzene rings is 2. The van der Waals surface area contributed by atoms with Crippen LogP contribution in [0.15, 0.2) is 48.5 Å². The molecule has 0 aliphatic heterocycles. The molecule has 0 radical (unpaired) electrons. The molecule has 1 N–H and O–H groups in total. The first-order chi connectivity index (χ1) is 13.7. The van der Waals surface area contributed by atoms with E-state index in [0.717, 1.165) is 29.2 Å². The van der Waals surface area contributed by atoms with Crippen LogP contribution < -0.4 is 10.1 Å². The summed E-state index contributed by atoms with van der Waals surface area (Å²) in [5.41, 5.74) is 3.73. The molecule has 0 saturated heterocycles. The Hall–Kier alpha value is -2.73. The molecule has 1 heterocycles. The SMILES string of the molecule is CCC(Oc1ccc2c(c1)CCCC2)C(=O)Nc1nnc(-c2ccccc2)s1. The summed E-state index contributed by atoms with van der Waals surface area (Å²) in [5.74, 6) is 0.556. The van der Waals surface area contributed by atoms with Gasteiger partial charge in [0.25, 0.3) is 5.91 Å². The maximum atomic E-state index is 12.7. The van der Waals surface area contributed by atoms with Crippen LogP contribution in [0.5, 0.6) is 5.75 Å². The van der Waals surface area contributed by atoms with Crippen LogP contribution in [0, 0.1) is 0 Å². The fraction of sp³-hybridized carbons (Fsp3) is 0.318. The first-order valence-electron chi connectivity index (χ1n) is 9.71. The Labute approximate surface area is 168 Å². The average Bonchev–Trinajstić information content (AvgIpc) is 3.21. The van der Waals surface area contributed by atoms with Crippen LogP contribution in [-0.2, 0) is 17.6 Å². The lowest BCUT2D eigenvalue weighted by molar-refractivity contribution is -0.122. The van der Waals surface area contributed by atoms with E-state index in [1.807, 2.05) is 43.3 Å². The molecular formula is C22H23N3O2S. The number of amides is 1. The zero-order chi connectivity index (χ0) is 19.3. The summed E-state index contributed by atoms with van der Waals surface area (Å²) >= 11 is 1.36. The number of rotatable bonds is 6. The van der Waals surface area contributed by atoms with E-state index < -0.39 is 6.10 Å². The Balaban J connectivity index is 1.42. The predicted molar refractivity (Wildman–Crippen MR) is 112 cm³/mol. The number of carbonyl (C=O) groups excluding carboxylic acids is 1. The fourth-order valence-corrected chi connectivity index (χ4v) is 4.18. The summed E-state index contributed by atoms with van der Waals surface area (Å²) in [6.45, 7) is 1.94. The van der Waals surface area contributed by atoms with E-state index in [9.17, 15) is 4.79 Å². The van der Waals surface area contributed by atoms with Gasteiger partial charge < -0.3 is 4.74 Å². The van der Waals surface area contributed by atoms with Crippen molar-refractivity contribution in [1.29, 1.82) is 0 Å². The minimum atomic E-state index is -0.564. The number of ether oxygens (including phenoxy) is 1. The Bertz CT molecular complexity index is 955. The Morgan fingerprint density at radius 3 is 2.68 bits per heavy atom. The molecule has 28 heavy (non-hydrogen) atoms.